The molecule has 4 saturated carbocycles. The number of anilines is 1. The lowest BCUT2D eigenvalue weighted by molar-refractivity contribution is -0.143. The number of hydrogen-bond acceptors (Lipinski definition) is 5. The van der Waals surface area contributed by atoms with Crippen molar-refractivity contribution in [3.05, 3.63) is 52.5 Å². The molecule has 4 bridgehead atoms. The van der Waals surface area contributed by atoms with Crippen LogP contribution in [0, 0.1) is 23.2 Å². The number of nitrogens with zero attached hydrogens (tertiary/aromatic N) is 3. The Kier molecular flexibility index (Phi) is 7.11. The van der Waals surface area contributed by atoms with E-state index in [9.17, 15) is 39.6 Å². The number of amides is 1. The fourth-order valence-corrected chi connectivity index (χ4v) is 9.56. The molecule has 14 heteroatoms. The largest absolute Gasteiger partial charge is 0.416 e. The van der Waals surface area contributed by atoms with Crippen molar-refractivity contribution < 1.29 is 39.6 Å². The summed E-state index contributed by atoms with van der Waals surface area (Å²) in [4.78, 5) is 21.6. The molecule has 42 heavy (non-hydrogen) atoms. The summed E-state index contributed by atoms with van der Waals surface area (Å²) in [6.45, 7) is -0.339. The molecule has 2 aromatic rings. The van der Waals surface area contributed by atoms with E-state index >= 15 is 0 Å². The van der Waals surface area contributed by atoms with E-state index in [1.165, 1.54) is 25.6 Å². The number of carbonyl (C=O) groups is 1. The summed E-state index contributed by atoms with van der Waals surface area (Å²) in [5, 5.41) is 2.91. The second kappa shape index (κ2) is 10.2. The van der Waals surface area contributed by atoms with E-state index in [0.29, 0.717) is 53.4 Å². The molecule has 0 atom stereocenters. The Balaban J connectivity index is 1.16. The highest BCUT2D eigenvalue weighted by molar-refractivity contribution is 7.88. The third kappa shape index (κ3) is 5.88. The zero-order valence-corrected chi connectivity index (χ0v) is 23.4. The highest BCUT2D eigenvalue weighted by atomic mass is 32.2. The quantitative estimate of drug-likeness (QED) is 0.406. The van der Waals surface area contributed by atoms with Crippen molar-refractivity contribution in [3.63, 3.8) is 0 Å². The first-order valence-corrected chi connectivity index (χ1v) is 15.6. The minimum Gasteiger partial charge on any atom is -0.310 e. The zero-order chi connectivity index (χ0) is 30.1. The van der Waals surface area contributed by atoms with Crippen LogP contribution >= 0.6 is 0 Å². The topological polar surface area (TPSA) is 92.3 Å². The van der Waals surface area contributed by atoms with Crippen molar-refractivity contribution in [1.82, 2.24) is 14.3 Å². The highest BCUT2D eigenvalue weighted by Gasteiger charge is 2.51. The first kappa shape index (κ1) is 29.3. The molecule has 2 heterocycles. The number of alkyl halides is 6. The van der Waals surface area contributed by atoms with Gasteiger partial charge in [0.1, 0.15) is 12.1 Å². The summed E-state index contributed by atoms with van der Waals surface area (Å²) in [5.74, 6) is 1.20. The number of rotatable bonds is 6. The normalized spacial score (nSPS) is 27.6. The van der Waals surface area contributed by atoms with Gasteiger partial charge in [-0.15, -0.1) is 0 Å². The van der Waals surface area contributed by atoms with Crippen molar-refractivity contribution in [1.29, 1.82) is 0 Å². The summed E-state index contributed by atoms with van der Waals surface area (Å²) < 4.78 is 107. The number of fused-ring (bicyclic) bond motifs is 1. The van der Waals surface area contributed by atoms with E-state index in [1.807, 2.05) is 0 Å². The van der Waals surface area contributed by atoms with Gasteiger partial charge in [0.15, 0.2) is 0 Å². The Hall–Kier alpha value is -2.74. The first-order chi connectivity index (χ1) is 19.6. The second-order valence-electron chi connectivity index (χ2n) is 12.5. The molecule has 228 valence electrons. The molecule has 7 rings (SSSR count). The van der Waals surface area contributed by atoms with Gasteiger partial charge in [-0.3, -0.25) is 4.79 Å². The zero-order valence-electron chi connectivity index (χ0n) is 22.6. The van der Waals surface area contributed by atoms with Gasteiger partial charge in [0, 0.05) is 18.5 Å². The molecule has 0 spiro atoms. The average molecular weight is 617 g/mol. The van der Waals surface area contributed by atoms with Crippen LogP contribution in [0.5, 0.6) is 0 Å². The van der Waals surface area contributed by atoms with Crippen LogP contribution in [0.4, 0.5) is 32.2 Å². The number of carbonyl (C=O) groups excluding carboxylic acids is 1. The van der Waals surface area contributed by atoms with Crippen LogP contribution in [0.25, 0.3) is 0 Å². The first-order valence-electron chi connectivity index (χ1n) is 14.0. The van der Waals surface area contributed by atoms with E-state index < -0.39 is 44.8 Å². The van der Waals surface area contributed by atoms with Gasteiger partial charge in [-0.25, -0.2) is 18.4 Å². The van der Waals surface area contributed by atoms with Gasteiger partial charge < -0.3 is 5.32 Å². The molecule has 0 radical (unpaired) electrons. The molecular weight excluding hydrogens is 586 g/mol. The van der Waals surface area contributed by atoms with Crippen LogP contribution in [0.15, 0.2) is 24.5 Å². The molecule has 1 amide bonds. The molecule has 1 aliphatic heterocycles. The lowest BCUT2D eigenvalue weighted by Crippen LogP contribution is -2.47. The van der Waals surface area contributed by atoms with Gasteiger partial charge in [0.05, 0.1) is 29.1 Å². The predicted octanol–water partition coefficient (Wildman–Crippen LogP) is 5.95. The summed E-state index contributed by atoms with van der Waals surface area (Å²) in [7, 11) is -4.32. The van der Waals surface area contributed by atoms with Gasteiger partial charge in [0.2, 0.25) is 15.9 Å². The number of sulfonamides is 1. The van der Waals surface area contributed by atoms with Gasteiger partial charge in [-0.2, -0.15) is 30.6 Å². The molecular formula is C28H30F6N4O3S. The van der Waals surface area contributed by atoms with Gasteiger partial charge in [-0.05, 0) is 91.9 Å². The van der Waals surface area contributed by atoms with Crippen LogP contribution in [-0.4, -0.2) is 35.1 Å². The minimum absolute atomic E-state index is 0.0200. The van der Waals surface area contributed by atoms with Gasteiger partial charge >= 0.3 is 12.4 Å². The number of benzene rings is 1. The predicted molar refractivity (Wildman–Crippen MR) is 139 cm³/mol. The summed E-state index contributed by atoms with van der Waals surface area (Å²) in [6, 6.07) is 0.803. The summed E-state index contributed by atoms with van der Waals surface area (Å²) in [6.07, 6.45) is -1.45. The van der Waals surface area contributed by atoms with Gasteiger partial charge in [-0.1, -0.05) is 0 Å². The SMILES string of the molecule is O=C(CC12CC3CC(CC(C3)C1)C2)Nc1ncnc2c1CCN(S(=O)(=O)Cc1cc(C(F)(F)F)cc(C(F)(F)F)c1)C2. The Bertz CT molecular complexity index is 1440. The standard InChI is InChI=1S/C28H30F6N4O3S/c29-27(30,31)20-6-19(7-21(8-20)28(32,33)34)14-42(40,41)38-2-1-22-23(13-38)35-15-36-25(22)37-24(39)12-26-9-16-3-17(10-26)5-18(4-16)11-26/h6-8,15-18H,1-5,9-14H2,(H,35,36,37,39). The number of aromatic nitrogens is 2. The maximum Gasteiger partial charge on any atom is 0.416 e. The lowest BCUT2D eigenvalue weighted by atomic mass is 9.49. The van der Waals surface area contributed by atoms with Gasteiger partial charge in [0.25, 0.3) is 0 Å². The molecule has 1 aromatic heterocycles. The third-order valence-corrected chi connectivity index (χ3v) is 11.1. The molecule has 4 fully saturated rings. The Morgan fingerprint density at radius 3 is 2.05 bits per heavy atom. The Morgan fingerprint density at radius 1 is 0.929 bits per heavy atom. The van der Waals surface area contributed by atoms with Crippen LogP contribution in [-0.2, 0) is 45.9 Å². The number of halogens is 6. The molecule has 7 nitrogen and oxygen atoms in total. The molecule has 5 aliphatic rings. The van der Waals surface area contributed by atoms with Crippen molar-refractivity contribution in [3.8, 4) is 0 Å². The molecule has 4 aliphatic carbocycles. The van der Waals surface area contributed by atoms with Crippen LogP contribution in [0.1, 0.15) is 72.9 Å². The highest BCUT2D eigenvalue weighted by Crippen LogP contribution is 2.61. The van der Waals surface area contributed by atoms with Crippen molar-refractivity contribution in [2.24, 2.45) is 23.2 Å². The third-order valence-electron chi connectivity index (χ3n) is 9.32. The average Bonchev–Trinajstić information content (AvgIpc) is 2.86. The molecule has 0 unspecified atom stereocenters. The number of hydrogen-bond donors (Lipinski definition) is 1. The van der Waals surface area contributed by atoms with Crippen molar-refractivity contribution in [2.45, 2.75) is 76.0 Å². The van der Waals surface area contributed by atoms with Crippen LogP contribution in [0.2, 0.25) is 0 Å². The van der Waals surface area contributed by atoms with E-state index in [-0.39, 0.29) is 36.9 Å². The van der Waals surface area contributed by atoms with Crippen LogP contribution in [0.3, 0.4) is 0 Å². The Morgan fingerprint density at radius 2 is 1.50 bits per heavy atom. The smallest absolute Gasteiger partial charge is 0.310 e. The van der Waals surface area contributed by atoms with E-state index in [1.54, 1.807) is 0 Å². The van der Waals surface area contributed by atoms with E-state index in [0.717, 1.165) is 23.6 Å². The van der Waals surface area contributed by atoms with Crippen LogP contribution < -0.4 is 5.32 Å². The lowest BCUT2D eigenvalue weighted by Gasteiger charge is -2.56. The fourth-order valence-electron chi connectivity index (χ4n) is 8.10. The summed E-state index contributed by atoms with van der Waals surface area (Å²) >= 11 is 0. The fraction of sp³-hybridized carbons (Fsp3) is 0.607. The minimum atomic E-state index is -5.09. The molecule has 1 N–H and O–H groups in total. The van der Waals surface area contributed by atoms with Crippen molar-refractivity contribution >= 4 is 21.7 Å². The Labute approximate surface area is 239 Å². The van der Waals surface area contributed by atoms with E-state index in [2.05, 4.69) is 15.3 Å². The monoisotopic (exact) mass is 616 g/mol. The maximum absolute atomic E-state index is 13.3. The summed E-state index contributed by atoms with van der Waals surface area (Å²) in [5.41, 5.74) is -2.86. The second-order valence-corrected chi connectivity index (χ2v) is 14.5. The maximum atomic E-state index is 13.3. The molecule has 1 aromatic carbocycles. The number of nitrogens with one attached hydrogen (secondary N) is 1. The molecule has 0 saturated heterocycles. The van der Waals surface area contributed by atoms with Crippen molar-refractivity contribution in [2.75, 3.05) is 11.9 Å². The van der Waals surface area contributed by atoms with E-state index in [4.69, 9.17) is 0 Å².